The van der Waals surface area contributed by atoms with Gasteiger partial charge in [-0.25, -0.2) is 0 Å². The minimum atomic E-state index is 0.0926. The van der Waals surface area contributed by atoms with Crippen molar-refractivity contribution in [3.05, 3.63) is 0 Å². The molecular weight excluding hydrogens is 166 g/mol. The van der Waals surface area contributed by atoms with Gasteiger partial charge in [-0.3, -0.25) is 4.79 Å². The fraction of sp³-hybridized carbons (Fsp3) is 0.900. The van der Waals surface area contributed by atoms with E-state index in [-0.39, 0.29) is 5.91 Å². The van der Waals surface area contributed by atoms with E-state index < -0.39 is 0 Å². The smallest absolute Gasteiger partial charge is 0.218 e. The van der Waals surface area contributed by atoms with Crippen molar-refractivity contribution >= 4 is 5.91 Å². The SMILES string of the molecule is CC.CC(=O)N(C)C.CC1COC1. The van der Waals surface area contributed by atoms with Crippen LogP contribution >= 0.6 is 0 Å². The molecule has 1 aliphatic heterocycles. The molecule has 0 aromatic rings. The zero-order valence-corrected chi connectivity index (χ0v) is 9.76. The predicted molar refractivity (Wildman–Crippen MR) is 55.7 cm³/mol. The van der Waals surface area contributed by atoms with E-state index in [4.69, 9.17) is 4.74 Å². The average Bonchev–Trinajstić information content (AvgIpc) is 2.05. The van der Waals surface area contributed by atoms with Crippen molar-refractivity contribution in [3.63, 3.8) is 0 Å². The summed E-state index contributed by atoms with van der Waals surface area (Å²) < 4.78 is 4.83. The molecule has 3 nitrogen and oxygen atoms in total. The molecule has 1 amide bonds. The fourth-order valence-electron chi connectivity index (χ4n) is 0.354. The number of nitrogens with zero attached hydrogens (tertiary/aromatic N) is 1. The summed E-state index contributed by atoms with van der Waals surface area (Å²) in [6.45, 7) is 9.68. The first-order valence-electron chi connectivity index (χ1n) is 4.79. The van der Waals surface area contributed by atoms with Crippen molar-refractivity contribution in [2.24, 2.45) is 5.92 Å². The number of carbonyl (C=O) groups is 1. The maximum Gasteiger partial charge on any atom is 0.218 e. The Morgan fingerprint density at radius 1 is 1.31 bits per heavy atom. The standard InChI is InChI=1S/C4H9NO.C4H8O.C2H6/c1-4(6)5(2)3;1-4-2-5-3-4;1-2/h1-3H3;4H,2-3H2,1H3;1-2H3. The highest BCUT2D eigenvalue weighted by molar-refractivity contribution is 5.72. The topological polar surface area (TPSA) is 29.5 Å². The van der Waals surface area contributed by atoms with Crippen molar-refractivity contribution < 1.29 is 9.53 Å². The van der Waals surface area contributed by atoms with Crippen LogP contribution in [0.3, 0.4) is 0 Å². The lowest BCUT2D eigenvalue weighted by Crippen LogP contribution is -2.23. The second kappa shape index (κ2) is 9.52. The summed E-state index contributed by atoms with van der Waals surface area (Å²) in [5.41, 5.74) is 0. The zero-order valence-electron chi connectivity index (χ0n) is 9.76. The van der Waals surface area contributed by atoms with Gasteiger partial charge in [0.25, 0.3) is 0 Å². The van der Waals surface area contributed by atoms with Crippen molar-refractivity contribution in [2.75, 3.05) is 27.3 Å². The molecule has 0 aromatic carbocycles. The first-order chi connectivity index (χ1) is 6.04. The maximum absolute atomic E-state index is 10.1. The van der Waals surface area contributed by atoms with Gasteiger partial charge in [0.15, 0.2) is 0 Å². The van der Waals surface area contributed by atoms with E-state index in [1.54, 1.807) is 14.1 Å². The van der Waals surface area contributed by atoms with E-state index >= 15 is 0 Å². The number of hydrogen-bond donors (Lipinski definition) is 0. The highest BCUT2D eigenvalue weighted by Gasteiger charge is 2.09. The lowest BCUT2D eigenvalue weighted by Gasteiger charge is -2.20. The van der Waals surface area contributed by atoms with Gasteiger partial charge < -0.3 is 9.64 Å². The third-order valence-corrected chi connectivity index (χ3v) is 1.43. The van der Waals surface area contributed by atoms with Gasteiger partial charge in [-0.15, -0.1) is 0 Å². The summed E-state index contributed by atoms with van der Waals surface area (Å²) in [6, 6.07) is 0. The van der Waals surface area contributed by atoms with Gasteiger partial charge in [-0.2, -0.15) is 0 Å². The van der Waals surface area contributed by atoms with Gasteiger partial charge in [0.1, 0.15) is 0 Å². The number of hydrogen-bond acceptors (Lipinski definition) is 2. The summed E-state index contributed by atoms with van der Waals surface area (Å²) in [6.07, 6.45) is 0. The minimum absolute atomic E-state index is 0.0926. The summed E-state index contributed by atoms with van der Waals surface area (Å²) in [5.74, 6) is 0.935. The summed E-state index contributed by atoms with van der Waals surface area (Å²) in [5, 5.41) is 0. The van der Waals surface area contributed by atoms with Gasteiger partial charge in [0, 0.05) is 26.9 Å². The molecule has 0 unspecified atom stereocenters. The number of ether oxygens (including phenoxy) is 1. The van der Waals surface area contributed by atoms with Gasteiger partial charge in [0.2, 0.25) is 5.91 Å². The Bertz CT molecular complexity index is 120. The van der Waals surface area contributed by atoms with Gasteiger partial charge >= 0.3 is 0 Å². The molecule has 1 saturated heterocycles. The summed E-state index contributed by atoms with van der Waals surface area (Å²) >= 11 is 0. The molecular formula is C10H23NO2. The molecule has 0 aliphatic carbocycles. The molecule has 0 bridgehead atoms. The van der Waals surface area contributed by atoms with E-state index in [0.29, 0.717) is 0 Å². The second-order valence-corrected chi connectivity index (χ2v) is 3.06. The van der Waals surface area contributed by atoms with Crippen molar-refractivity contribution in [3.8, 4) is 0 Å². The number of amides is 1. The second-order valence-electron chi connectivity index (χ2n) is 3.06. The number of carbonyl (C=O) groups excluding carboxylic acids is 1. The molecule has 0 spiro atoms. The fourth-order valence-corrected chi connectivity index (χ4v) is 0.354. The molecule has 80 valence electrons. The maximum atomic E-state index is 10.1. The monoisotopic (exact) mass is 189 g/mol. The molecule has 13 heavy (non-hydrogen) atoms. The molecule has 1 rings (SSSR count). The van der Waals surface area contributed by atoms with Crippen LogP contribution in [0.4, 0.5) is 0 Å². The van der Waals surface area contributed by atoms with Crippen LogP contribution in [0.25, 0.3) is 0 Å². The zero-order chi connectivity index (χ0) is 10.9. The Kier molecular flexibility index (Phi) is 10.9. The van der Waals surface area contributed by atoms with Crippen LogP contribution in [-0.4, -0.2) is 38.1 Å². The third kappa shape index (κ3) is 11.4. The van der Waals surface area contributed by atoms with Gasteiger partial charge in [-0.05, 0) is 0 Å². The summed E-state index contributed by atoms with van der Waals surface area (Å²) in [4.78, 5) is 11.6. The average molecular weight is 189 g/mol. The van der Waals surface area contributed by atoms with Crippen LogP contribution in [0, 0.1) is 5.92 Å². The van der Waals surface area contributed by atoms with E-state index in [9.17, 15) is 4.79 Å². The van der Waals surface area contributed by atoms with Crippen molar-refractivity contribution in [2.45, 2.75) is 27.7 Å². The van der Waals surface area contributed by atoms with Crippen molar-refractivity contribution in [1.82, 2.24) is 4.90 Å². The van der Waals surface area contributed by atoms with E-state index in [2.05, 4.69) is 6.92 Å². The lowest BCUT2D eigenvalue weighted by atomic mass is 10.2. The highest BCUT2D eigenvalue weighted by atomic mass is 16.5. The predicted octanol–water partition coefficient (Wildman–Crippen LogP) is 1.77. The first kappa shape index (κ1) is 14.9. The third-order valence-electron chi connectivity index (χ3n) is 1.43. The Morgan fingerprint density at radius 3 is 1.54 bits per heavy atom. The number of rotatable bonds is 0. The van der Waals surface area contributed by atoms with Crippen LogP contribution in [0.15, 0.2) is 0 Å². The normalized spacial score (nSPS) is 14.0. The highest BCUT2D eigenvalue weighted by Crippen LogP contribution is 2.05. The first-order valence-corrected chi connectivity index (χ1v) is 4.79. The Labute approximate surface area is 82.1 Å². The molecule has 0 aromatic heterocycles. The van der Waals surface area contributed by atoms with Crippen LogP contribution in [0.1, 0.15) is 27.7 Å². The van der Waals surface area contributed by atoms with Gasteiger partial charge in [0.05, 0.1) is 13.2 Å². The molecule has 0 radical (unpaired) electrons. The van der Waals surface area contributed by atoms with E-state index in [1.807, 2.05) is 13.8 Å². The molecule has 3 heteroatoms. The molecule has 0 saturated carbocycles. The van der Waals surface area contributed by atoms with Crippen LogP contribution in [-0.2, 0) is 9.53 Å². The van der Waals surface area contributed by atoms with E-state index in [0.717, 1.165) is 19.1 Å². The molecule has 1 aliphatic rings. The molecule has 0 N–H and O–H groups in total. The largest absolute Gasteiger partial charge is 0.381 e. The van der Waals surface area contributed by atoms with Crippen LogP contribution < -0.4 is 0 Å². The quantitative estimate of drug-likeness (QED) is 0.581. The van der Waals surface area contributed by atoms with Gasteiger partial charge in [-0.1, -0.05) is 20.8 Å². The summed E-state index contributed by atoms with van der Waals surface area (Å²) in [7, 11) is 3.45. The minimum Gasteiger partial charge on any atom is -0.381 e. The molecule has 1 heterocycles. The van der Waals surface area contributed by atoms with Crippen molar-refractivity contribution in [1.29, 1.82) is 0 Å². The molecule has 1 fully saturated rings. The lowest BCUT2D eigenvalue weighted by molar-refractivity contribution is -0.126. The Balaban J connectivity index is 0. The van der Waals surface area contributed by atoms with Crippen LogP contribution in [0.5, 0.6) is 0 Å². The Hall–Kier alpha value is -0.570. The molecule has 0 atom stereocenters. The van der Waals surface area contributed by atoms with E-state index in [1.165, 1.54) is 11.8 Å². The Morgan fingerprint density at radius 2 is 1.54 bits per heavy atom. The van der Waals surface area contributed by atoms with Crippen LogP contribution in [0.2, 0.25) is 0 Å².